The van der Waals surface area contributed by atoms with Gasteiger partial charge in [-0.1, -0.05) is 42.5 Å². The molecule has 166 valence electrons. The van der Waals surface area contributed by atoms with Crippen LogP contribution >= 0.6 is 0 Å². The number of pyridine rings is 1. The lowest BCUT2D eigenvalue weighted by atomic mass is 9.94. The summed E-state index contributed by atoms with van der Waals surface area (Å²) in [6.45, 7) is 4.86. The standard InChI is InChI=1S/C26H29N3O3/c1-18-16-29(17-23(32-18)19-6-3-2-4-7-19)26(31)21-12-14-28(15-13-21)24-11-10-20-8-5-9-22(30)25(20)27-24/h2-11,18,21,23,30H,12-17H2,1H3. The van der Waals surface area contributed by atoms with Gasteiger partial charge in [-0.05, 0) is 43.5 Å². The van der Waals surface area contributed by atoms with E-state index in [9.17, 15) is 9.90 Å². The number of morpholine rings is 1. The Bertz CT molecular complexity index is 1100. The second-order valence-electron chi connectivity index (χ2n) is 8.87. The zero-order valence-electron chi connectivity index (χ0n) is 18.4. The summed E-state index contributed by atoms with van der Waals surface area (Å²) in [5.74, 6) is 1.32. The summed E-state index contributed by atoms with van der Waals surface area (Å²) in [5.41, 5.74) is 1.75. The van der Waals surface area contributed by atoms with E-state index in [4.69, 9.17) is 4.74 Å². The van der Waals surface area contributed by atoms with Crippen molar-refractivity contribution in [3.05, 3.63) is 66.2 Å². The van der Waals surface area contributed by atoms with Crippen molar-refractivity contribution in [1.29, 1.82) is 0 Å². The topological polar surface area (TPSA) is 65.9 Å². The van der Waals surface area contributed by atoms with Crippen LogP contribution in [0.2, 0.25) is 0 Å². The summed E-state index contributed by atoms with van der Waals surface area (Å²) < 4.78 is 6.13. The van der Waals surface area contributed by atoms with E-state index >= 15 is 0 Å². The number of rotatable bonds is 3. The Morgan fingerprint density at radius 3 is 2.56 bits per heavy atom. The smallest absolute Gasteiger partial charge is 0.226 e. The number of hydrogen-bond donors (Lipinski definition) is 1. The fraction of sp³-hybridized carbons (Fsp3) is 0.385. The van der Waals surface area contributed by atoms with Gasteiger partial charge in [0, 0.05) is 30.9 Å². The Kier molecular flexibility index (Phi) is 5.70. The third-order valence-corrected chi connectivity index (χ3v) is 6.60. The minimum atomic E-state index is -0.0709. The summed E-state index contributed by atoms with van der Waals surface area (Å²) in [6.07, 6.45) is 1.56. The number of piperidine rings is 1. The van der Waals surface area contributed by atoms with Crippen LogP contribution in [-0.4, -0.2) is 53.2 Å². The van der Waals surface area contributed by atoms with Gasteiger partial charge in [-0.2, -0.15) is 0 Å². The highest BCUT2D eigenvalue weighted by atomic mass is 16.5. The van der Waals surface area contributed by atoms with Crippen LogP contribution in [0, 0.1) is 5.92 Å². The molecule has 0 radical (unpaired) electrons. The van der Waals surface area contributed by atoms with Crippen LogP contribution in [0.15, 0.2) is 60.7 Å². The van der Waals surface area contributed by atoms with Crippen LogP contribution in [-0.2, 0) is 9.53 Å². The molecule has 2 fully saturated rings. The maximum Gasteiger partial charge on any atom is 0.226 e. The van der Waals surface area contributed by atoms with Gasteiger partial charge in [0.15, 0.2) is 0 Å². The van der Waals surface area contributed by atoms with Gasteiger partial charge in [-0.15, -0.1) is 0 Å². The van der Waals surface area contributed by atoms with E-state index in [1.54, 1.807) is 6.07 Å². The molecule has 0 aliphatic carbocycles. The quantitative estimate of drug-likeness (QED) is 0.675. The van der Waals surface area contributed by atoms with Crippen molar-refractivity contribution in [2.45, 2.75) is 32.0 Å². The molecule has 1 N–H and O–H groups in total. The SMILES string of the molecule is CC1CN(C(=O)C2CCN(c3ccc4cccc(O)c4n3)CC2)CC(c2ccccc2)O1. The number of phenols is 1. The Morgan fingerprint density at radius 1 is 1.00 bits per heavy atom. The number of phenolic OH excluding ortho intramolecular Hbond substituents is 1. The van der Waals surface area contributed by atoms with Gasteiger partial charge in [-0.25, -0.2) is 4.98 Å². The summed E-state index contributed by atoms with van der Waals surface area (Å²) in [4.78, 5) is 22.2. The first-order chi connectivity index (χ1) is 15.6. The number of amides is 1. The number of hydrogen-bond acceptors (Lipinski definition) is 5. The first-order valence-electron chi connectivity index (χ1n) is 11.4. The molecule has 2 aromatic carbocycles. The van der Waals surface area contributed by atoms with Gasteiger partial charge in [-0.3, -0.25) is 4.79 Å². The van der Waals surface area contributed by atoms with E-state index < -0.39 is 0 Å². The molecule has 2 aliphatic rings. The molecule has 5 rings (SSSR count). The lowest BCUT2D eigenvalue weighted by Gasteiger charge is -2.40. The third-order valence-electron chi connectivity index (χ3n) is 6.60. The number of carbonyl (C=O) groups is 1. The number of carbonyl (C=O) groups excluding carboxylic acids is 1. The number of aromatic hydroxyl groups is 1. The number of anilines is 1. The molecule has 2 saturated heterocycles. The average Bonchev–Trinajstić information content (AvgIpc) is 2.84. The van der Waals surface area contributed by atoms with Crippen LogP contribution < -0.4 is 4.90 Å². The number of para-hydroxylation sites is 1. The number of ether oxygens (including phenoxy) is 1. The first kappa shape index (κ1) is 20.8. The van der Waals surface area contributed by atoms with Crippen molar-refractivity contribution in [1.82, 2.24) is 9.88 Å². The first-order valence-corrected chi connectivity index (χ1v) is 11.4. The molecule has 1 amide bonds. The van der Waals surface area contributed by atoms with Gasteiger partial charge in [0.2, 0.25) is 5.91 Å². The number of benzene rings is 2. The molecule has 6 heteroatoms. The fourth-order valence-corrected chi connectivity index (χ4v) is 4.89. The number of nitrogens with zero attached hydrogens (tertiary/aromatic N) is 3. The molecule has 3 heterocycles. The molecule has 2 unspecified atom stereocenters. The highest BCUT2D eigenvalue weighted by Crippen LogP contribution is 2.30. The lowest BCUT2D eigenvalue weighted by molar-refractivity contribution is -0.149. The molecule has 0 bridgehead atoms. The predicted molar refractivity (Wildman–Crippen MR) is 125 cm³/mol. The fourth-order valence-electron chi connectivity index (χ4n) is 4.89. The van der Waals surface area contributed by atoms with Crippen LogP contribution in [0.4, 0.5) is 5.82 Å². The molecule has 32 heavy (non-hydrogen) atoms. The zero-order valence-corrected chi connectivity index (χ0v) is 18.4. The maximum atomic E-state index is 13.3. The summed E-state index contributed by atoms with van der Waals surface area (Å²) in [6, 6.07) is 19.6. The zero-order chi connectivity index (χ0) is 22.1. The second kappa shape index (κ2) is 8.79. The molecule has 6 nitrogen and oxygen atoms in total. The van der Waals surface area contributed by atoms with Crippen molar-refractivity contribution in [2.75, 3.05) is 31.1 Å². The van der Waals surface area contributed by atoms with Crippen LogP contribution in [0.25, 0.3) is 10.9 Å². The molecule has 0 saturated carbocycles. The molecule has 2 atom stereocenters. The van der Waals surface area contributed by atoms with Gasteiger partial charge in [0.05, 0.1) is 12.6 Å². The van der Waals surface area contributed by atoms with E-state index in [2.05, 4.69) is 22.0 Å². The van der Waals surface area contributed by atoms with Crippen molar-refractivity contribution in [3.63, 3.8) is 0 Å². The van der Waals surface area contributed by atoms with Crippen LogP contribution in [0.1, 0.15) is 31.4 Å². The molecule has 1 aromatic heterocycles. The molecular formula is C26H29N3O3. The predicted octanol–water partition coefficient (Wildman–Crippen LogP) is 4.15. The van der Waals surface area contributed by atoms with E-state index in [-0.39, 0.29) is 29.8 Å². The largest absolute Gasteiger partial charge is 0.506 e. The number of aromatic nitrogens is 1. The minimum absolute atomic E-state index is 0.0208. The summed E-state index contributed by atoms with van der Waals surface area (Å²) >= 11 is 0. The Labute approximate surface area is 188 Å². The van der Waals surface area contributed by atoms with Gasteiger partial charge in [0.25, 0.3) is 0 Å². The van der Waals surface area contributed by atoms with E-state index in [1.165, 1.54) is 0 Å². The normalized spacial score (nSPS) is 22.3. The monoisotopic (exact) mass is 431 g/mol. The minimum Gasteiger partial charge on any atom is -0.506 e. The molecule has 0 spiro atoms. The van der Waals surface area contributed by atoms with Crippen molar-refractivity contribution in [3.8, 4) is 5.75 Å². The third kappa shape index (κ3) is 4.15. The Morgan fingerprint density at radius 2 is 1.78 bits per heavy atom. The van der Waals surface area contributed by atoms with Crippen molar-refractivity contribution >= 4 is 22.6 Å². The summed E-state index contributed by atoms with van der Waals surface area (Å²) in [5, 5.41) is 11.1. The van der Waals surface area contributed by atoms with Gasteiger partial charge < -0.3 is 19.6 Å². The van der Waals surface area contributed by atoms with Crippen LogP contribution in [0.5, 0.6) is 5.75 Å². The van der Waals surface area contributed by atoms with E-state index in [1.807, 2.05) is 54.3 Å². The number of fused-ring (bicyclic) bond motifs is 1. The highest BCUT2D eigenvalue weighted by Gasteiger charge is 2.34. The Balaban J connectivity index is 1.24. The van der Waals surface area contributed by atoms with E-state index in [0.29, 0.717) is 18.6 Å². The lowest BCUT2D eigenvalue weighted by Crippen LogP contribution is -2.50. The summed E-state index contributed by atoms with van der Waals surface area (Å²) in [7, 11) is 0. The van der Waals surface area contributed by atoms with Crippen molar-refractivity contribution in [2.24, 2.45) is 5.92 Å². The Hall–Kier alpha value is -3.12. The maximum absolute atomic E-state index is 13.3. The van der Waals surface area contributed by atoms with Gasteiger partial charge >= 0.3 is 0 Å². The van der Waals surface area contributed by atoms with E-state index in [0.717, 1.165) is 42.7 Å². The molecular weight excluding hydrogens is 402 g/mol. The van der Waals surface area contributed by atoms with Gasteiger partial charge in [0.1, 0.15) is 23.2 Å². The van der Waals surface area contributed by atoms with Crippen molar-refractivity contribution < 1.29 is 14.6 Å². The average molecular weight is 432 g/mol. The second-order valence-corrected chi connectivity index (χ2v) is 8.87. The highest BCUT2D eigenvalue weighted by molar-refractivity contribution is 5.85. The van der Waals surface area contributed by atoms with Crippen LogP contribution in [0.3, 0.4) is 0 Å². The molecule has 3 aromatic rings. The molecule has 2 aliphatic heterocycles.